The van der Waals surface area contributed by atoms with E-state index < -0.39 is 0 Å². The number of anilines is 1. The van der Waals surface area contributed by atoms with Crippen molar-refractivity contribution < 1.29 is 0 Å². The van der Waals surface area contributed by atoms with Gasteiger partial charge in [0.05, 0.1) is 5.69 Å². The Morgan fingerprint density at radius 3 is 2.81 bits per heavy atom. The molecule has 5 nitrogen and oxygen atoms in total. The minimum atomic E-state index is 0.621. The van der Waals surface area contributed by atoms with E-state index in [4.69, 9.17) is 0 Å². The number of aryl methyl sites for hydroxylation is 2. The first-order chi connectivity index (χ1) is 10.2. The fraction of sp³-hybridized carbons (Fsp3) is 0.625. The molecule has 5 heteroatoms. The van der Waals surface area contributed by atoms with Crippen LogP contribution in [-0.4, -0.2) is 25.6 Å². The topological polar surface area (TPSA) is 47.7 Å². The third-order valence-corrected chi connectivity index (χ3v) is 4.37. The Morgan fingerprint density at radius 1 is 1.29 bits per heavy atom. The average Bonchev–Trinajstić information content (AvgIpc) is 3.06. The van der Waals surface area contributed by atoms with Gasteiger partial charge in [-0.3, -0.25) is 0 Å². The van der Waals surface area contributed by atoms with Crippen LogP contribution in [0.3, 0.4) is 0 Å². The molecule has 3 rings (SSSR count). The van der Waals surface area contributed by atoms with E-state index in [9.17, 15) is 0 Å². The van der Waals surface area contributed by atoms with E-state index in [1.807, 2.05) is 19.4 Å². The Labute approximate surface area is 126 Å². The fourth-order valence-corrected chi connectivity index (χ4v) is 3.21. The Bertz CT molecular complexity index is 577. The van der Waals surface area contributed by atoms with Crippen LogP contribution in [0.2, 0.25) is 0 Å². The van der Waals surface area contributed by atoms with Crippen molar-refractivity contribution in [3.63, 3.8) is 0 Å². The monoisotopic (exact) mass is 287 g/mol. The van der Waals surface area contributed by atoms with Crippen LogP contribution >= 0.6 is 0 Å². The predicted octanol–water partition coefficient (Wildman–Crippen LogP) is 3.08. The summed E-state index contributed by atoms with van der Waals surface area (Å²) in [6.07, 6.45) is 13.6. The molecule has 21 heavy (non-hydrogen) atoms. The smallest absolute Gasteiger partial charge is 0.203 e. The van der Waals surface area contributed by atoms with E-state index in [0.717, 1.165) is 30.4 Å². The Hall–Kier alpha value is -1.78. The molecule has 1 aliphatic rings. The lowest BCUT2D eigenvalue weighted by molar-refractivity contribution is 0.355. The molecule has 114 valence electrons. The molecule has 0 amide bonds. The molecule has 0 bridgehead atoms. The molecular formula is C16H25N5. The van der Waals surface area contributed by atoms with Crippen molar-refractivity contribution in [2.75, 3.05) is 11.9 Å². The average molecular weight is 287 g/mol. The van der Waals surface area contributed by atoms with Gasteiger partial charge in [-0.25, -0.2) is 9.97 Å². The van der Waals surface area contributed by atoms with Crippen LogP contribution in [0.15, 0.2) is 18.6 Å². The minimum Gasteiger partial charge on any atom is -0.355 e. The first-order valence-electron chi connectivity index (χ1n) is 7.99. The highest BCUT2D eigenvalue weighted by Crippen LogP contribution is 2.30. The largest absolute Gasteiger partial charge is 0.355 e. The van der Waals surface area contributed by atoms with Crippen molar-refractivity contribution in [3.8, 4) is 0 Å². The maximum atomic E-state index is 4.65. The van der Waals surface area contributed by atoms with Crippen LogP contribution in [0.5, 0.6) is 0 Å². The lowest BCUT2D eigenvalue weighted by Crippen LogP contribution is -2.17. The number of aromatic nitrogens is 4. The minimum absolute atomic E-state index is 0.621. The summed E-state index contributed by atoms with van der Waals surface area (Å²) in [7, 11) is 2.04. The lowest BCUT2D eigenvalue weighted by atomic mass is 9.95. The summed E-state index contributed by atoms with van der Waals surface area (Å²) >= 11 is 0. The third-order valence-electron chi connectivity index (χ3n) is 4.37. The lowest BCUT2D eigenvalue weighted by Gasteiger charge is -2.24. The predicted molar refractivity (Wildman–Crippen MR) is 84.5 cm³/mol. The zero-order valence-electron chi connectivity index (χ0n) is 13.0. The van der Waals surface area contributed by atoms with Gasteiger partial charge in [-0.2, -0.15) is 0 Å². The van der Waals surface area contributed by atoms with Crippen LogP contribution in [-0.2, 0) is 13.5 Å². The Balaban J connectivity index is 1.63. The second kappa shape index (κ2) is 6.33. The standard InChI is InChI=1S/C16H25N5/c1-13-12-21(14-6-4-3-5-7-14)16(19-13)18-9-8-15-17-10-11-20(15)2/h10-12,14H,3-9H2,1-2H3,(H,18,19). The van der Waals surface area contributed by atoms with Gasteiger partial charge >= 0.3 is 0 Å². The number of hydrogen-bond acceptors (Lipinski definition) is 3. The zero-order chi connectivity index (χ0) is 14.7. The second-order valence-electron chi connectivity index (χ2n) is 6.04. The van der Waals surface area contributed by atoms with Crippen molar-refractivity contribution >= 4 is 5.95 Å². The molecule has 0 atom stereocenters. The summed E-state index contributed by atoms with van der Waals surface area (Å²) < 4.78 is 4.42. The van der Waals surface area contributed by atoms with Crippen LogP contribution in [0.1, 0.15) is 49.7 Å². The summed E-state index contributed by atoms with van der Waals surface area (Å²) in [4.78, 5) is 9.01. The molecule has 1 aliphatic carbocycles. The highest BCUT2D eigenvalue weighted by atomic mass is 15.2. The molecule has 0 unspecified atom stereocenters. The highest BCUT2D eigenvalue weighted by Gasteiger charge is 2.18. The summed E-state index contributed by atoms with van der Waals surface area (Å²) in [5.41, 5.74) is 1.10. The number of imidazole rings is 2. The van der Waals surface area contributed by atoms with Crippen LogP contribution < -0.4 is 5.32 Å². The molecule has 1 fully saturated rings. The number of hydrogen-bond donors (Lipinski definition) is 1. The third kappa shape index (κ3) is 3.28. The van der Waals surface area contributed by atoms with Crippen molar-refractivity contribution in [1.29, 1.82) is 0 Å². The molecule has 0 radical (unpaired) electrons. The van der Waals surface area contributed by atoms with Crippen LogP contribution in [0, 0.1) is 6.92 Å². The molecular weight excluding hydrogens is 262 g/mol. The van der Waals surface area contributed by atoms with Gasteiger partial charge in [-0.15, -0.1) is 0 Å². The maximum absolute atomic E-state index is 4.65. The van der Waals surface area contributed by atoms with Crippen LogP contribution in [0.25, 0.3) is 0 Å². The SMILES string of the molecule is Cc1cn(C2CCCCC2)c(NCCc2nccn2C)n1. The molecule has 0 aliphatic heterocycles. The Kier molecular flexibility index (Phi) is 4.27. The van der Waals surface area contributed by atoms with Crippen molar-refractivity contribution in [3.05, 3.63) is 30.1 Å². The van der Waals surface area contributed by atoms with Gasteiger partial charge in [0.2, 0.25) is 5.95 Å². The van der Waals surface area contributed by atoms with E-state index >= 15 is 0 Å². The highest BCUT2D eigenvalue weighted by molar-refractivity contribution is 5.30. The van der Waals surface area contributed by atoms with E-state index in [1.165, 1.54) is 32.1 Å². The molecule has 0 aromatic carbocycles. The van der Waals surface area contributed by atoms with Gasteiger partial charge in [-0.05, 0) is 19.8 Å². The van der Waals surface area contributed by atoms with Crippen molar-refractivity contribution in [2.24, 2.45) is 7.05 Å². The fourth-order valence-electron chi connectivity index (χ4n) is 3.21. The summed E-state index contributed by atoms with van der Waals surface area (Å²) in [6.45, 7) is 2.94. The van der Waals surface area contributed by atoms with Gasteiger partial charge in [0.1, 0.15) is 5.82 Å². The van der Waals surface area contributed by atoms with E-state index in [2.05, 4.69) is 37.5 Å². The van der Waals surface area contributed by atoms with E-state index in [0.29, 0.717) is 6.04 Å². The summed E-state index contributed by atoms with van der Waals surface area (Å²) in [5, 5.41) is 3.50. The zero-order valence-corrected chi connectivity index (χ0v) is 13.0. The maximum Gasteiger partial charge on any atom is 0.203 e. The van der Waals surface area contributed by atoms with Gasteiger partial charge in [0.15, 0.2) is 0 Å². The second-order valence-corrected chi connectivity index (χ2v) is 6.04. The quantitative estimate of drug-likeness (QED) is 0.919. The summed E-state index contributed by atoms with van der Waals surface area (Å²) in [6, 6.07) is 0.621. The summed E-state index contributed by atoms with van der Waals surface area (Å²) in [5.74, 6) is 2.13. The van der Waals surface area contributed by atoms with E-state index in [1.54, 1.807) is 0 Å². The molecule has 2 aromatic heterocycles. The normalized spacial score (nSPS) is 16.3. The van der Waals surface area contributed by atoms with Gasteiger partial charge in [-0.1, -0.05) is 19.3 Å². The first-order valence-corrected chi connectivity index (χ1v) is 7.99. The molecule has 0 spiro atoms. The van der Waals surface area contributed by atoms with Crippen molar-refractivity contribution in [1.82, 2.24) is 19.1 Å². The number of nitrogens with one attached hydrogen (secondary N) is 1. The number of rotatable bonds is 5. The molecule has 0 saturated heterocycles. The van der Waals surface area contributed by atoms with E-state index in [-0.39, 0.29) is 0 Å². The molecule has 2 heterocycles. The van der Waals surface area contributed by atoms with Gasteiger partial charge in [0.25, 0.3) is 0 Å². The Morgan fingerprint density at radius 2 is 2.10 bits per heavy atom. The molecule has 1 N–H and O–H groups in total. The van der Waals surface area contributed by atoms with Crippen LogP contribution in [0.4, 0.5) is 5.95 Å². The molecule has 2 aromatic rings. The van der Waals surface area contributed by atoms with Gasteiger partial charge < -0.3 is 14.5 Å². The van der Waals surface area contributed by atoms with Gasteiger partial charge in [0, 0.05) is 44.6 Å². The first kappa shape index (κ1) is 14.2. The molecule has 1 saturated carbocycles. The number of nitrogens with zero attached hydrogens (tertiary/aromatic N) is 4. The van der Waals surface area contributed by atoms with Crippen molar-refractivity contribution in [2.45, 2.75) is 51.5 Å².